The molecule has 0 aliphatic heterocycles. The highest BCUT2D eigenvalue weighted by Crippen LogP contribution is 2.36. The number of hydrogen-bond acceptors (Lipinski definition) is 6. The van der Waals surface area contributed by atoms with Gasteiger partial charge in [0.2, 0.25) is 5.88 Å². The van der Waals surface area contributed by atoms with E-state index >= 15 is 0 Å². The Bertz CT molecular complexity index is 1510. The van der Waals surface area contributed by atoms with Gasteiger partial charge in [0.25, 0.3) is 0 Å². The number of benzene rings is 2. The lowest BCUT2D eigenvalue weighted by molar-refractivity contribution is -0.0880. The number of rotatable bonds is 4. The number of thiazole rings is 1. The van der Waals surface area contributed by atoms with Crippen LogP contribution < -0.4 is 10.5 Å². The van der Waals surface area contributed by atoms with E-state index in [0.717, 1.165) is 16.3 Å². The van der Waals surface area contributed by atoms with Crippen molar-refractivity contribution in [2.45, 2.75) is 6.18 Å². The number of ether oxygens (including phenoxy) is 1. The van der Waals surface area contributed by atoms with E-state index in [1.54, 1.807) is 18.2 Å². The van der Waals surface area contributed by atoms with Gasteiger partial charge in [0.1, 0.15) is 16.8 Å². The van der Waals surface area contributed by atoms with Gasteiger partial charge >= 0.3 is 6.18 Å². The van der Waals surface area contributed by atoms with E-state index in [-0.39, 0.29) is 5.88 Å². The topological polar surface area (TPSA) is 73.9 Å². The normalized spacial score (nSPS) is 13.2. The fourth-order valence-electron chi connectivity index (χ4n) is 3.28. The lowest BCUT2D eigenvalue weighted by Gasteiger charge is -2.12. The zero-order chi connectivity index (χ0) is 23.0. The highest BCUT2D eigenvalue weighted by atomic mass is 32.1. The second-order valence-corrected chi connectivity index (χ2v) is 8.04. The number of nitrogens with zero attached hydrogens (tertiary/aromatic N) is 3. The molecule has 0 saturated heterocycles. The van der Waals surface area contributed by atoms with E-state index < -0.39 is 11.7 Å². The summed E-state index contributed by atoms with van der Waals surface area (Å²) in [6.45, 7) is 0. The molecule has 0 bridgehead atoms. The molecule has 33 heavy (non-hydrogen) atoms. The predicted octanol–water partition coefficient (Wildman–Crippen LogP) is 6.32. The zero-order valence-electron chi connectivity index (χ0n) is 16.7. The SMILES string of the molecule is Nc1nc2c(Oc3cc(C4=C=C=C(C(F)(F)F)C=C4)c(-c4ccccc4)nn3)cccc2s1. The maximum absolute atomic E-state index is 13.0. The number of nitrogen functional groups attached to an aromatic ring is 1. The van der Waals surface area contributed by atoms with Gasteiger partial charge in [-0.2, -0.15) is 13.2 Å². The summed E-state index contributed by atoms with van der Waals surface area (Å²) in [5, 5.41) is 8.88. The Hall–Kier alpha value is -4.16. The molecule has 4 aromatic rings. The summed E-state index contributed by atoms with van der Waals surface area (Å²) in [5.74, 6) is 0.591. The van der Waals surface area contributed by atoms with Crippen LogP contribution >= 0.6 is 11.3 Å². The minimum absolute atomic E-state index is 0.150. The van der Waals surface area contributed by atoms with Crippen LogP contribution in [0.5, 0.6) is 11.6 Å². The van der Waals surface area contributed by atoms with E-state index in [1.807, 2.05) is 36.4 Å². The van der Waals surface area contributed by atoms with Crippen molar-refractivity contribution in [3.8, 4) is 22.9 Å². The minimum atomic E-state index is -4.50. The number of hydrogen-bond donors (Lipinski definition) is 1. The van der Waals surface area contributed by atoms with Crippen molar-refractivity contribution in [3.63, 3.8) is 0 Å². The number of anilines is 1. The maximum atomic E-state index is 13.0. The fraction of sp³-hybridized carbons (Fsp3) is 0.0417. The van der Waals surface area contributed by atoms with Crippen LogP contribution in [0.25, 0.3) is 27.0 Å². The second kappa shape index (κ2) is 8.07. The van der Waals surface area contributed by atoms with Crippen molar-refractivity contribution in [1.82, 2.24) is 15.2 Å². The highest BCUT2D eigenvalue weighted by Gasteiger charge is 2.32. The molecular formula is C24H13F3N4OS. The quantitative estimate of drug-likeness (QED) is 0.359. The summed E-state index contributed by atoms with van der Waals surface area (Å²) in [6, 6.07) is 16.2. The number of alkyl halides is 3. The van der Waals surface area contributed by atoms with Crippen LogP contribution in [0.1, 0.15) is 5.56 Å². The van der Waals surface area contributed by atoms with Crippen LogP contribution in [-0.4, -0.2) is 21.4 Å². The summed E-state index contributed by atoms with van der Waals surface area (Å²) in [5.41, 5.74) is 12.4. The molecule has 2 aromatic heterocycles. The van der Waals surface area contributed by atoms with Gasteiger partial charge in [-0.3, -0.25) is 0 Å². The van der Waals surface area contributed by atoms with Gasteiger partial charge < -0.3 is 10.5 Å². The van der Waals surface area contributed by atoms with Gasteiger partial charge in [0, 0.05) is 22.8 Å². The molecule has 9 heteroatoms. The molecule has 2 N–H and O–H groups in total. The number of para-hydroxylation sites is 1. The van der Waals surface area contributed by atoms with Crippen molar-refractivity contribution >= 4 is 32.3 Å². The second-order valence-electron chi connectivity index (χ2n) is 6.98. The predicted molar refractivity (Wildman–Crippen MR) is 121 cm³/mol. The smallest absolute Gasteiger partial charge is 0.424 e. The molecule has 2 heterocycles. The third-order valence-corrected chi connectivity index (χ3v) is 5.63. The van der Waals surface area contributed by atoms with E-state index in [9.17, 15) is 13.2 Å². The number of fused-ring (bicyclic) bond motifs is 1. The molecule has 1 aliphatic rings. The van der Waals surface area contributed by atoms with Gasteiger partial charge in [0.15, 0.2) is 10.9 Å². The number of halogens is 3. The monoisotopic (exact) mass is 462 g/mol. The molecule has 0 fully saturated rings. The molecular weight excluding hydrogens is 449 g/mol. The number of nitrogens with two attached hydrogens (primary N) is 1. The van der Waals surface area contributed by atoms with E-state index in [2.05, 4.69) is 26.6 Å². The molecule has 1 aliphatic carbocycles. The lowest BCUT2D eigenvalue weighted by atomic mass is 9.98. The number of aromatic nitrogens is 3. The lowest BCUT2D eigenvalue weighted by Crippen LogP contribution is -2.09. The van der Waals surface area contributed by atoms with E-state index in [0.29, 0.717) is 33.2 Å². The molecule has 0 saturated carbocycles. The van der Waals surface area contributed by atoms with Gasteiger partial charge in [-0.05, 0) is 24.3 Å². The van der Waals surface area contributed by atoms with Gasteiger partial charge in [-0.15, -0.1) is 10.2 Å². The average molecular weight is 462 g/mol. The Kier molecular flexibility index (Phi) is 5.07. The molecule has 5 nitrogen and oxygen atoms in total. The average Bonchev–Trinajstić information content (AvgIpc) is 3.20. The first-order chi connectivity index (χ1) is 15.9. The van der Waals surface area contributed by atoms with Gasteiger partial charge in [-0.25, -0.2) is 4.98 Å². The molecule has 5 rings (SSSR count). The minimum Gasteiger partial charge on any atom is -0.435 e. The third-order valence-electron chi connectivity index (χ3n) is 4.78. The van der Waals surface area contributed by atoms with Crippen molar-refractivity contribution in [3.05, 3.63) is 89.3 Å². The molecule has 2 aromatic carbocycles. The Balaban J connectivity index is 1.64. The van der Waals surface area contributed by atoms with Crippen molar-refractivity contribution in [2.24, 2.45) is 0 Å². The van der Waals surface area contributed by atoms with Crippen LogP contribution in [0.15, 0.2) is 83.8 Å². The van der Waals surface area contributed by atoms with Crippen LogP contribution in [0.3, 0.4) is 0 Å². The highest BCUT2D eigenvalue weighted by molar-refractivity contribution is 7.22. The summed E-state index contributed by atoms with van der Waals surface area (Å²) in [4.78, 5) is 4.29. The standard InChI is InChI=1S/C24H13F3N4OS/c25-24(26,27)16-11-9-14(10-12-16)17-13-20(30-31-21(17)15-5-2-1-3-6-15)32-18-7-4-8-19-22(18)29-23(28)33-19/h1-9,11,13H,(H2,28,29). The van der Waals surface area contributed by atoms with Crippen LogP contribution in [0, 0.1) is 0 Å². The first-order valence-electron chi connectivity index (χ1n) is 9.66. The zero-order valence-corrected chi connectivity index (χ0v) is 17.5. The van der Waals surface area contributed by atoms with E-state index in [1.165, 1.54) is 17.4 Å². The molecule has 0 amide bonds. The Morgan fingerprint density at radius 2 is 1.76 bits per heavy atom. The first kappa shape index (κ1) is 20.7. The van der Waals surface area contributed by atoms with Crippen LogP contribution in [-0.2, 0) is 0 Å². The molecule has 162 valence electrons. The Morgan fingerprint density at radius 3 is 2.48 bits per heavy atom. The first-order valence-corrected chi connectivity index (χ1v) is 10.5. The van der Waals surface area contributed by atoms with Crippen molar-refractivity contribution < 1.29 is 17.9 Å². The van der Waals surface area contributed by atoms with Crippen LogP contribution in [0.2, 0.25) is 0 Å². The Labute approximate surface area is 189 Å². The largest absolute Gasteiger partial charge is 0.435 e. The van der Waals surface area contributed by atoms with E-state index in [4.69, 9.17) is 10.5 Å². The van der Waals surface area contributed by atoms with Gasteiger partial charge in [0.05, 0.1) is 4.70 Å². The van der Waals surface area contributed by atoms with Crippen molar-refractivity contribution in [1.29, 1.82) is 0 Å². The summed E-state index contributed by atoms with van der Waals surface area (Å²) in [6.07, 6.45) is -2.22. The van der Waals surface area contributed by atoms with Gasteiger partial charge in [-0.1, -0.05) is 59.2 Å². The van der Waals surface area contributed by atoms with Crippen LogP contribution in [0.4, 0.5) is 18.3 Å². The maximum Gasteiger partial charge on any atom is 0.424 e. The molecule has 0 atom stereocenters. The Morgan fingerprint density at radius 1 is 0.939 bits per heavy atom. The molecule has 0 unspecified atom stereocenters. The summed E-state index contributed by atoms with van der Waals surface area (Å²) >= 11 is 1.33. The molecule has 0 radical (unpaired) electrons. The fourth-order valence-corrected chi connectivity index (χ4v) is 4.03. The summed E-state index contributed by atoms with van der Waals surface area (Å²) < 4.78 is 45.8. The summed E-state index contributed by atoms with van der Waals surface area (Å²) in [7, 11) is 0. The van der Waals surface area contributed by atoms with Crippen molar-refractivity contribution in [2.75, 3.05) is 5.73 Å². The molecule has 0 spiro atoms. The third kappa shape index (κ3) is 4.16. The number of allylic oxidation sites excluding steroid dienone is 4.